The smallest absolute Gasteiger partial charge is 0.147 e. The van der Waals surface area contributed by atoms with Gasteiger partial charge in [0.05, 0.1) is 6.61 Å². The highest BCUT2D eigenvalue weighted by atomic mass is 127. The Labute approximate surface area is 139 Å². The molecule has 0 spiro atoms. The quantitative estimate of drug-likeness (QED) is 0.362. The molecule has 0 saturated carbocycles. The van der Waals surface area contributed by atoms with E-state index in [0.29, 0.717) is 20.0 Å². The van der Waals surface area contributed by atoms with E-state index in [0.717, 1.165) is 5.56 Å². The van der Waals surface area contributed by atoms with Crippen LogP contribution in [0, 0.1) is 0 Å². The predicted molar refractivity (Wildman–Crippen MR) is 96.2 cm³/mol. The van der Waals surface area contributed by atoms with E-state index in [1.165, 1.54) is 16.7 Å². The fourth-order valence-electron chi connectivity index (χ4n) is 2.06. The van der Waals surface area contributed by atoms with Gasteiger partial charge in [0, 0.05) is 6.61 Å². The number of hydrogen-bond donors (Lipinski definition) is 0. The van der Waals surface area contributed by atoms with Crippen molar-refractivity contribution in [1.82, 2.24) is 0 Å². The monoisotopic (exact) mass is 394 g/mol. The number of hydrogen-bond acceptors (Lipinski definition) is 2. The Kier molecular flexibility index (Phi) is 6.92. The van der Waals surface area contributed by atoms with Crippen LogP contribution < -0.4 is 0 Å². The highest BCUT2D eigenvalue weighted by Gasteiger charge is 2.02. The molecule has 0 unspecified atom stereocenters. The number of ether oxygens (including phenoxy) is 2. The van der Waals surface area contributed by atoms with Crippen molar-refractivity contribution in [2.24, 2.45) is 0 Å². The van der Waals surface area contributed by atoms with Crippen LogP contribution in [-0.2, 0) is 16.1 Å². The van der Waals surface area contributed by atoms with E-state index in [9.17, 15) is 0 Å². The molecule has 110 valence electrons. The van der Waals surface area contributed by atoms with Crippen LogP contribution in [0.2, 0.25) is 0 Å². The molecule has 2 rings (SSSR count). The Bertz CT molecular complexity index is 576. The molecule has 0 aromatic heterocycles. The summed E-state index contributed by atoms with van der Waals surface area (Å²) < 4.78 is 12.6. The summed E-state index contributed by atoms with van der Waals surface area (Å²) in [6.07, 6.45) is 2.12. The Morgan fingerprint density at radius 3 is 2.48 bits per heavy atom. The fourth-order valence-corrected chi connectivity index (χ4v) is 2.44. The molecule has 0 N–H and O–H groups in total. The molecule has 0 radical (unpaired) electrons. The van der Waals surface area contributed by atoms with Gasteiger partial charge < -0.3 is 9.47 Å². The zero-order chi connectivity index (χ0) is 14.9. The van der Waals surface area contributed by atoms with Crippen LogP contribution >= 0.6 is 22.6 Å². The minimum absolute atomic E-state index is 0.349. The molecule has 2 aromatic carbocycles. The summed E-state index contributed by atoms with van der Waals surface area (Å²) in [6.45, 7) is 3.57. The normalized spacial score (nSPS) is 11.1. The van der Waals surface area contributed by atoms with Crippen LogP contribution in [0.1, 0.15) is 18.1 Å². The summed E-state index contributed by atoms with van der Waals surface area (Å²) in [4.78, 5) is 0. The van der Waals surface area contributed by atoms with Crippen molar-refractivity contribution in [2.45, 2.75) is 13.5 Å². The van der Waals surface area contributed by atoms with E-state index in [-0.39, 0.29) is 0 Å². The van der Waals surface area contributed by atoms with Gasteiger partial charge in [0.2, 0.25) is 0 Å². The highest BCUT2D eigenvalue weighted by Crippen LogP contribution is 2.25. The third kappa shape index (κ3) is 4.95. The Balaban J connectivity index is 2.08. The van der Waals surface area contributed by atoms with E-state index in [1.807, 2.05) is 11.0 Å². The Hall–Kier alpha value is -1.17. The van der Waals surface area contributed by atoms with E-state index in [2.05, 4.69) is 77.2 Å². The molecule has 0 saturated heterocycles. The van der Waals surface area contributed by atoms with Crippen LogP contribution in [-0.4, -0.2) is 13.4 Å². The molecule has 2 nitrogen and oxygen atoms in total. The largest absolute Gasteiger partial charge is 0.356 e. The minimum Gasteiger partial charge on any atom is -0.356 e. The second-order valence-corrected chi connectivity index (χ2v) is 5.26. The van der Waals surface area contributed by atoms with Gasteiger partial charge in [-0.05, 0) is 39.3 Å². The van der Waals surface area contributed by atoms with Gasteiger partial charge in [-0.25, -0.2) is 0 Å². The average molecular weight is 394 g/mol. The molecule has 21 heavy (non-hydrogen) atoms. The van der Waals surface area contributed by atoms with Crippen molar-refractivity contribution in [3.8, 4) is 11.1 Å². The number of benzene rings is 2. The molecule has 0 aliphatic heterocycles. The average Bonchev–Trinajstić information content (AvgIpc) is 2.53. The van der Waals surface area contributed by atoms with Crippen molar-refractivity contribution >= 4 is 28.7 Å². The third-order valence-electron chi connectivity index (χ3n) is 3.11. The highest BCUT2D eigenvalue weighted by molar-refractivity contribution is 14.1. The lowest BCUT2D eigenvalue weighted by atomic mass is 9.99. The van der Waals surface area contributed by atoms with Gasteiger partial charge >= 0.3 is 0 Å². The molecule has 0 heterocycles. The molecular weight excluding hydrogens is 375 g/mol. The van der Waals surface area contributed by atoms with Crippen LogP contribution in [0.15, 0.2) is 52.6 Å². The molecule has 3 heteroatoms. The van der Waals surface area contributed by atoms with E-state index >= 15 is 0 Å². The predicted octanol–water partition coefficient (Wildman–Crippen LogP) is 5.27. The number of rotatable bonds is 7. The lowest BCUT2D eigenvalue weighted by Crippen LogP contribution is -1.99. The topological polar surface area (TPSA) is 18.5 Å². The Morgan fingerprint density at radius 2 is 1.76 bits per heavy atom. The zero-order valence-corrected chi connectivity index (χ0v) is 14.2. The van der Waals surface area contributed by atoms with E-state index < -0.39 is 0 Å². The molecular formula is C18H19IO2. The maximum absolute atomic E-state index is 5.43. The first-order chi connectivity index (χ1) is 10.3. The van der Waals surface area contributed by atoms with Crippen LogP contribution in [0.4, 0.5) is 0 Å². The van der Waals surface area contributed by atoms with Gasteiger partial charge in [0.1, 0.15) is 6.79 Å². The van der Waals surface area contributed by atoms with Gasteiger partial charge in [-0.2, -0.15) is 0 Å². The lowest BCUT2D eigenvalue weighted by Gasteiger charge is -2.08. The van der Waals surface area contributed by atoms with Crippen molar-refractivity contribution in [2.75, 3.05) is 13.4 Å². The summed E-state index contributed by atoms with van der Waals surface area (Å²) >= 11 is 2.25. The van der Waals surface area contributed by atoms with Gasteiger partial charge in [0.15, 0.2) is 0 Å². The van der Waals surface area contributed by atoms with Crippen molar-refractivity contribution in [1.29, 1.82) is 0 Å². The van der Waals surface area contributed by atoms with Crippen LogP contribution in [0.25, 0.3) is 17.2 Å². The van der Waals surface area contributed by atoms with Gasteiger partial charge in [-0.3, -0.25) is 0 Å². The lowest BCUT2D eigenvalue weighted by molar-refractivity contribution is -0.0571. The molecule has 2 aromatic rings. The van der Waals surface area contributed by atoms with E-state index in [1.54, 1.807) is 0 Å². The SMILES string of the molecule is CCOCOCc1ccc(-c2ccccc2C=CI)cc1. The molecule has 0 fully saturated rings. The van der Waals surface area contributed by atoms with Crippen LogP contribution in [0.3, 0.4) is 0 Å². The molecule has 0 aliphatic rings. The third-order valence-corrected chi connectivity index (χ3v) is 3.47. The summed E-state index contributed by atoms with van der Waals surface area (Å²) in [7, 11) is 0. The first kappa shape index (κ1) is 16.2. The second kappa shape index (κ2) is 8.97. The van der Waals surface area contributed by atoms with E-state index in [4.69, 9.17) is 9.47 Å². The number of halogens is 1. The van der Waals surface area contributed by atoms with Gasteiger partial charge in [-0.15, -0.1) is 0 Å². The van der Waals surface area contributed by atoms with Crippen LogP contribution in [0.5, 0.6) is 0 Å². The summed E-state index contributed by atoms with van der Waals surface area (Å²) in [5.74, 6) is 0. The minimum atomic E-state index is 0.349. The fraction of sp³-hybridized carbons (Fsp3) is 0.222. The molecule has 0 bridgehead atoms. The Morgan fingerprint density at radius 1 is 1.00 bits per heavy atom. The summed E-state index contributed by atoms with van der Waals surface area (Å²) in [5, 5.41) is 0. The van der Waals surface area contributed by atoms with Crippen molar-refractivity contribution < 1.29 is 9.47 Å². The van der Waals surface area contributed by atoms with Gasteiger partial charge in [-0.1, -0.05) is 71.1 Å². The summed E-state index contributed by atoms with van der Waals surface area (Å²) in [6, 6.07) is 16.9. The summed E-state index contributed by atoms with van der Waals surface area (Å²) in [5.41, 5.74) is 4.84. The second-order valence-electron chi connectivity index (χ2n) is 4.54. The molecule has 0 atom stereocenters. The first-order valence-electron chi connectivity index (χ1n) is 6.95. The molecule has 0 amide bonds. The van der Waals surface area contributed by atoms with Crippen molar-refractivity contribution in [3.05, 3.63) is 63.7 Å². The molecule has 0 aliphatic carbocycles. The maximum atomic E-state index is 5.43. The first-order valence-corrected chi connectivity index (χ1v) is 8.20. The zero-order valence-electron chi connectivity index (χ0n) is 12.1. The standard InChI is InChI=1S/C18H19IO2/c1-2-20-14-21-13-15-7-9-17(10-8-15)18-6-4-3-5-16(18)11-12-19/h3-12H,2,13-14H2,1H3. The van der Waals surface area contributed by atoms with Crippen molar-refractivity contribution in [3.63, 3.8) is 0 Å². The maximum Gasteiger partial charge on any atom is 0.147 e. The van der Waals surface area contributed by atoms with Gasteiger partial charge in [0.25, 0.3) is 0 Å².